The Morgan fingerprint density at radius 2 is 2.05 bits per heavy atom. The largest absolute Gasteiger partial charge is 0.573 e. The summed E-state index contributed by atoms with van der Waals surface area (Å²) in [6.07, 6.45) is -4.71. The summed E-state index contributed by atoms with van der Waals surface area (Å²) < 4.78 is 41.8. The van der Waals surface area contributed by atoms with E-state index in [1.54, 1.807) is 17.6 Å². The second-order valence-electron chi connectivity index (χ2n) is 4.38. The van der Waals surface area contributed by atoms with E-state index >= 15 is 0 Å². The number of aryl methyl sites for hydroxylation is 1. The molecule has 0 amide bonds. The van der Waals surface area contributed by atoms with Crippen molar-refractivity contribution < 1.29 is 17.9 Å². The minimum atomic E-state index is -4.71. The Hall–Kier alpha value is -1.60. The van der Waals surface area contributed by atoms with E-state index in [2.05, 4.69) is 15.0 Å². The van der Waals surface area contributed by atoms with Crippen molar-refractivity contribution >= 4 is 11.3 Å². The highest BCUT2D eigenvalue weighted by molar-refractivity contribution is 7.09. The standard InChI is InChI=1S/C14H15F3N2OS/c1-3-18-12(13-9(2)19-8-21-13)10-6-4-5-7-11(10)20-14(15,16)17/h4-8,12,18H,3H2,1-2H3. The summed E-state index contributed by atoms with van der Waals surface area (Å²) in [6.45, 7) is 4.35. The maximum atomic E-state index is 12.5. The van der Waals surface area contributed by atoms with Gasteiger partial charge in [0, 0.05) is 10.4 Å². The molecule has 1 aromatic heterocycles. The molecular weight excluding hydrogens is 301 g/mol. The van der Waals surface area contributed by atoms with Gasteiger partial charge in [-0.05, 0) is 19.5 Å². The van der Waals surface area contributed by atoms with Gasteiger partial charge >= 0.3 is 6.36 Å². The third-order valence-corrected chi connectivity index (χ3v) is 3.90. The number of hydrogen-bond acceptors (Lipinski definition) is 4. The second-order valence-corrected chi connectivity index (χ2v) is 5.26. The molecule has 1 aromatic carbocycles. The third-order valence-electron chi connectivity index (χ3n) is 2.91. The van der Waals surface area contributed by atoms with Crippen molar-refractivity contribution in [3.05, 3.63) is 45.9 Å². The van der Waals surface area contributed by atoms with Crippen molar-refractivity contribution in [1.29, 1.82) is 0 Å². The van der Waals surface area contributed by atoms with Crippen molar-refractivity contribution in [1.82, 2.24) is 10.3 Å². The molecule has 0 saturated heterocycles. The molecule has 1 heterocycles. The summed E-state index contributed by atoms with van der Waals surface area (Å²) >= 11 is 1.41. The summed E-state index contributed by atoms with van der Waals surface area (Å²) in [5, 5.41) is 3.19. The van der Waals surface area contributed by atoms with Crippen LogP contribution in [-0.4, -0.2) is 17.9 Å². The maximum Gasteiger partial charge on any atom is 0.573 e. The number of hydrogen-bond donors (Lipinski definition) is 1. The molecule has 114 valence electrons. The fourth-order valence-corrected chi connectivity index (χ4v) is 2.97. The molecule has 3 nitrogen and oxygen atoms in total. The molecule has 0 spiro atoms. The minimum absolute atomic E-state index is 0.191. The van der Waals surface area contributed by atoms with Crippen LogP contribution in [0.25, 0.3) is 0 Å². The fraction of sp³-hybridized carbons (Fsp3) is 0.357. The number of halogens is 3. The van der Waals surface area contributed by atoms with Gasteiger partial charge in [-0.1, -0.05) is 25.1 Å². The van der Waals surface area contributed by atoms with Crippen molar-refractivity contribution in [2.75, 3.05) is 6.54 Å². The van der Waals surface area contributed by atoms with E-state index in [-0.39, 0.29) is 11.8 Å². The molecule has 0 saturated carbocycles. The number of ether oxygens (including phenoxy) is 1. The molecule has 0 fully saturated rings. The number of rotatable bonds is 5. The monoisotopic (exact) mass is 316 g/mol. The lowest BCUT2D eigenvalue weighted by molar-refractivity contribution is -0.275. The van der Waals surface area contributed by atoms with Crippen LogP contribution in [0.2, 0.25) is 0 Å². The molecule has 0 aliphatic rings. The van der Waals surface area contributed by atoms with E-state index in [4.69, 9.17) is 0 Å². The number of nitrogens with one attached hydrogen (secondary N) is 1. The van der Waals surface area contributed by atoms with Gasteiger partial charge in [0.25, 0.3) is 0 Å². The Morgan fingerprint density at radius 3 is 2.62 bits per heavy atom. The molecule has 2 rings (SSSR count). The average Bonchev–Trinajstić information content (AvgIpc) is 2.81. The number of alkyl halides is 3. The lowest BCUT2D eigenvalue weighted by atomic mass is 10.0. The highest BCUT2D eigenvalue weighted by Gasteiger charge is 2.33. The van der Waals surface area contributed by atoms with Gasteiger partial charge in [0.05, 0.1) is 17.2 Å². The Kier molecular flexibility index (Phi) is 4.84. The number of aromatic nitrogens is 1. The SMILES string of the molecule is CCNC(c1ccccc1OC(F)(F)F)c1scnc1C. The summed E-state index contributed by atoms with van der Waals surface area (Å²) in [7, 11) is 0. The molecule has 0 bridgehead atoms. The van der Waals surface area contributed by atoms with Gasteiger partial charge in [0.1, 0.15) is 5.75 Å². The number of benzene rings is 1. The zero-order valence-corrected chi connectivity index (χ0v) is 12.4. The highest BCUT2D eigenvalue weighted by Crippen LogP contribution is 2.35. The van der Waals surface area contributed by atoms with Gasteiger partial charge < -0.3 is 10.1 Å². The summed E-state index contributed by atoms with van der Waals surface area (Å²) in [5.41, 5.74) is 2.93. The zero-order valence-electron chi connectivity index (χ0n) is 11.6. The molecule has 2 aromatic rings. The van der Waals surface area contributed by atoms with Gasteiger partial charge in [-0.2, -0.15) is 0 Å². The molecule has 0 radical (unpaired) electrons. The summed E-state index contributed by atoms with van der Waals surface area (Å²) in [6, 6.07) is 5.80. The highest BCUT2D eigenvalue weighted by atomic mass is 32.1. The van der Waals surface area contributed by atoms with Crippen molar-refractivity contribution in [2.24, 2.45) is 0 Å². The number of thiazole rings is 1. The number of nitrogens with zero attached hydrogens (tertiary/aromatic N) is 1. The van der Waals surface area contributed by atoms with Gasteiger partial charge in [-0.3, -0.25) is 0 Å². The maximum absolute atomic E-state index is 12.5. The van der Waals surface area contributed by atoms with E-state index in [1.165, 1.54) is 23.5 Å². The van der Waals surface area contributed by atoms with Crippen LogP contribution in [0.5, 0.6) is 5.75 Å². The van der Waals surface area contributed by atoms with Gasteiger partial charge in [-0.25, -0.2) is 4.98 Å². The predicted octanol–water partition coefficient (Wildman–Crippen LogP) is 4.05. The molecule has 1 unspecified atom stereocenters. The smallest absolute Gasteiger partial charge is 0.405 e. The van der Waals surface area contributed by atoms with E-state index in [0.717, 1.165) is 10.6 Å². The molecule has 21 heavy (non-hydrogen) atoms. The first-order chi connectivity index (χ1) is 9.92. The van der Waals surface area contributed by atoms with E-state index in [9.17, 15) is 13.2 Å². The first-order valence-corrected chi connectivity index (χ1v) is 7.28. The molecule has 0 aliphatic heterocycles. The third kappa shape index (κ3) is 3.95. The van der Waals surface area contributed by atoms with Gasteiger partial charge in [0.2, 0.25) is 0 Å². The summed E-state index contributed by atoms with van der Waals surface area (Å²) in [5.74, 6) is -0.191. The molecule has 1 atom stereocenters. The van der Waals surface area contributed by atoms with Crippen LogP contribution in [0.1, 0.15) is 29.1 Å². The first-order valence-electron chi connectivity index (χ1n) is 6.40. The fourth-order valence-electron chi connectivity index (χ4n) is 2.07. The van der Waals surface area contributed by atoms with Crippen LogP contribution in [-0.2, 0) is 0 Å². The van der Waals surface area contributed by atoms with E-state index < -0.39 is 6.36 Å². The van der Waals surface area contributed by atoms with Crippen LogP contribution < -0.4 is 10.1 Å². The molecule has 7 heteroatoms. The topological polar surface area (TPSA) is 34.1 Å². The number of para-hydroxylation sites is 1. The Morgan fingerprint density at radius 1 is 1.33 bits per heavy atom. The van der Waals surface area contributed by atoms with Crippen molar-refractivity contribution in [3.63, 3.8) is 0 Å². The lowest BCUT2D eigenvalue weighted by Crippen LogP contribution is -2.24. The molecule has 0 aliphatic carbocycles. The van der Waals surface area contributed by atoms with Crippen LogP contribution in [0.3, 0.4) is 0 Å². The normalized spacial score (nSPS) is 13.2. The molecular formula is C14H15F3N2OS. The van der Waals surface area contributed by atoms with Gasteiger partial charge in [0.15, 0.2) is 0 Å². The van der Waals surface area contributed by atoms with Gasteiger partial charge in [-0.15, -0.1) is 24.5 Å². The van der Waals surface area contributed by atoms with Crippen molar-refractivity contribution in [3.8, 4) is 5.75 Å². The molecule has 1 N–H and O–H groups in total. The first kappa shape index (κ1) is 15.8. The zero-order chi connectivity index (χ0) is 15.5. The predicted molar refractivity (Wildman–Crippen MR) is 75.5 cm³/mol. The Labute approximate surface area is 124 Å². The lowest BCUT2D eigenvalue weighted by Gasteiger charge is -2.21. The van der Waals surface area contributed by atoms with Crippen LogP contribution in [0, 0.1) is 6.92 Å². The van der Waals surface area contributed by atoms with Crippen LogP contribution >= 0.6 is 11.3 Å². The van der Waals surface area contributed by atoms with Crippen LogP contribution in [0.4, 0.5) is 13.2 Å². The Bertz CT molecular complexity index is 598. The summed E-state index contributed by atoms with van der Waals surface area (Å²) in [4.78, 5) is 5.05. The Balaban J connectivity index is 2.44. The van der Waals surface area contributed by atoms with E-state index in [1.807, 2.05) is 13.8 Å². The van der Waals surface area contributed by atoms with Crippen molar-refractivity contribution in [2.45, 2.75) is 26.3 Å². The average molecular weight is 316 g/mol. The van der Waals surface area contributed by atoms with E-state index in [0.29, 0.717) is 12.1 Å². The van der Waals surface area contributed by atoms with Crippen LogP contribution in [0.15, 0.2) is 29.8 Å². The second kappa shape index (κ2) is 6.44. The minimum Gasteiger partial charge on any atom is -0.405 e. The quantitative estimate of drug-likeness (QED) is 0.903.